The van der Waals surface area contributed by atoms with E-state index in [1.54, 1.807) is 23.0 Å². The molecule has 10 heteroatoms. The van der Waals surface area contributed by atoms with Crippen LogP contribution in [0, 0.1) is 11.6 Å². The van der Waals surface area contributed by atoms with Crippen LogP contribution in [0.4, 0.5) is 8.78 Å². The van der Waals surface area contributed by atoms with Crippen molar-refractivity contribution >= 4 is 23.4 Å². The van der Waals surface area contributed by atoms with Gasteiger partial charge >= 0.3 is 0 Å². The van der Waals surface area contributed by atoms with Gasteiger partial charge in [0, 0.05) is 24.2 Å². The van der Waals surface area contributed by atoms with Crippen LogP contribution in [-0.2, 0) is 6.42 Å². The molecule has 2 N–H and O–H groups in total. The van der Waals surface area contributed by atoms with E-state index in [1.807, 2.05) is 20.8 Å². The Balaban J connectivity index is 0.00000324. The van der Waals surface area contributed by atoms with Gasteiger partial charge in [-0.2, -0.15) is 5.10 Å². The van der Waals surface area contributed by atoms with Crippen LogP contribution in [0.3, 0.4) is 0 Å². The molecule has 3 heterocycles. The number of rotatable bonds is 7. The molecule has 4 aromatic rings. The van der Waals surface area contributed by atoms with Gasteiger partial charge in [-0.15, -0.1) is 12.4 Å². The molecule has 1 unspecified atom stereocenters. The molecule has 4 rings (SSSR count). The van der Waals surface area contributed by atoms with Crippen LogP contribution in [0.25, 0.3) is 22.3 Å². The van der Waals surface area contributed by atoms with Crippen LogP contribution in [0.2, 0.25) is 0 Å². The van der Waals surface area contributed by atoms with Gasteiger partial charge in [0.1, 0.15) is 22.8 Å². The molecule has 34 heavy (non-hydrogen) atoms. The summed E-state index contributed by atoms with van der Waals surface area (Å²) in [6.45, 7) is 5.74. The SMILES string of the molecule is CCC(CO)n1nc(C(C)C)c2c(=O)[nH]c(Cc3ccc(-c4cc(F)cc(F)c4)nc3)nc21.Cl. The third-order valence-corrected chi connectivity index (χ3v) is 5.57. The Morgan fingerprint density at radius 3 is 2.41 bits per heavy atom. The zero-order valence-corrected chi connectivity index (χ0v) is 19.9. The summed E-state index contributed by atoms with van der Waals surface area (Å²) in [6, 6.07) is 6.41. The Bertz CT molecular complexity index is 1330. The predicted octanol–water partition coefficient (Wildman–Crippen LogP) is 4.54. The highest BCUT2D eigenvalue weighted by atomic mass is 35.5. The number of fused-ring (bicyclic) bond motifs is 1. The predicted molar refractivity (Wildman–Crippen MR) is 128 cm³/mol. The summed E-state index contributed by atoms with van der Waals surface area (Å²) in [5, 5.41) is 14.8. The zero-order chi connectivity index (χ0) is 23.7. The summed E-state index contributed by atoms with van der Waals surface area (Å²) in [5.74, 6) is -0.889. The van der Waals surface area contributed by atoms with Crippen molar-refractivity contribution in [1.82, 2.24) is 24.7 Å². The number of benzene rings is 1. The second kappa shape index (κ2) is 10.4. The van der Waals surface area contributed by atoms with Gasteiger partial charge in [0.2, 0.25) is 0 Å². The molecule has 0 aliphatic carbocycles. The minimum atomic E-state index is -0.670. The lowest BCUT2D eigenvalue weighted by molar-refractivity contribution is 0.217. The van der Waals surface area contributed by atoms with Crippen LogP contribution in [0.15, 0.2) is 41.3 Å². The van der Waals surface area contributed by atoms with Crippen molar-refractivity contribution in [3.05, 3.63) is 75.6 Å². The average Bonchev–Trinajstić information content (AvgIpc) is 3.15. The molecule has 0 bridgehead atoms. The van der Waals surface area contributed by atoms with Crippen molar-refractivity contribution in [3.8, 4) is 11.3 Å². The van der Waals surface area contributed by atoms with Crippen LogP contribution in [-0.4, -0.2) is 36.4 Å². The number of aliphatic hydroxyl groups is 1. The third-order valence-electron chi connectivity index (χ3n) is 5.57. The molecule has 0 fully saturated rings. The van der Waals surface area contributed by atoms with Gasteiger partial charge in [-0.1, -0.05) is 26.8 Å². The van der Waals surface area contributed by atoms with Gasteiger partial charge < -0.3 is 10.1 Å². The first-order valence-electron chi connectivity index (χ1n) is 10.8. The number of H-pyrrole nitrogens is 1. The minimum absolute atomic E-state index is 0. The van der Waals surface area contributed by atoms with E-state index < -0.39 is 11.6 Å². The van der Waals surface area contributed by atoms with Crippen molar-refractivity contribution in [2.75, 3.05) is 6.61 Å². The molecule has 0 radical (unpaired) electrons. The second-order valence-electron chi connectivity index (χ2n) is 8.33. The van der Waals surface area contributed by atoms with E-state index in [-0.39, 0.29) is 36.5 Å². The summed E-state index contributed by atoms with van der Waals surface area (Å²) in [4.78, 5) is 24.7. The monoisotopic (exact) mass is 489 g/mol. The van der Waals surface area contributed by atoms with Gasteiger partial charge in [-0.25, -0.2) is 18.4 Å². The van der Waals surface area contributed by atoms with Gasteiger partial charge in [-0.3, -0.25) is 9.78 Å². The molecule has 0 saturated carbocycles. The summed E-state index contributed by atoms with van der Waals surface area (Å²) >= 11 is 0. The summed E-state index contributed by atoms with van der Waals surface area (Å²) in [6.07, 6.45) is 2.52. The Morgan fingerprint density at radius 1 is 1.15 bits per heavy atom. The molecule has 0 saturated heterocycles. The van der Waals surface area contributed by atoms with Gasteiger partial charge in [0.05, 0.1) is 24.0 Å². The topological polar surface area (TPSA) is 96.7 Å². The molecular formula is C24H26ClF2N5O2. The largest absolute Gasteiger partial charge is 0.394 e. The van der Waals surface area contributed by atoms with Gasteiger partial charge in [0.25, 0.3) is 5.56 Å². The molecule has 1 atom stereocenters. The highest BCUT2D eigenvalue weighted by Gasteiger charge is 2.22. The fourth-order valence-corrected chi connectivity index (χ4v) is 3.83. The van der Waals surface area contributed by atoms with E-state index in [9.17, 15) is 18.7 Å². The third kappa shape index (κ3) is 5.00. The number of hydrogen-bond donors (Lipinski definition) is 2. The number of aliphatic hydroxyl groups excluding tert-OH is 1. The number of nitrogens with one attached hydrogen (secondary N) is 1. The molecule has 0 spiro atoms. The Kier molecular flexibility index (Phi) is 7.78. The van der Waals surface area contributed by atoms with Crippen molar-refractivity contribution < 1.29 is 13.9 Å². The summed E-state index contributed by atoms with van der Waals surface area (Å²) in [5.41, 5.74) is 2.35. The van der Waals surface area contributed by atoms with E-state index in [0.717, 1.165) is 11.6 Å². The molecular weight excluding hydrogens is 464 g/mol. The van der Waals surface area contributed by atoms with Crippen molar-refractivity contribution in [1.29, 1.82) is 0 Å². The fraction of sp³-hybridized carbons (Fsp3) is 0.333. The molecule has 3 aromatic heterocycles. The maximum absolute atomic E-state index is 13.5. The highest BCUT2D eigenvalue weighted by Crippen LogP contribution is 2.25. The first-order chi connectivity index (χ1) is 15.8. The Hall–Kier alpha value is -3.17. The normalized spacial score (nSPS) is 12.2. The summed E-state index contributed by atoms with van der Waals surface area (Å²) < 4.78 is 28.7. The number of hydrogen-bond acceptors (Lipinski definition) is 5. The number of aromatic amines is 1. The molecule has 0 aliphatic heterocycles. The molecule has 1 aromatic carbocycles. The molecule has 0 amide bonds. The lowest BCUT2D eigenvalue weighted by Gasteiger charge is -2.13. The van der Waals surface area contributed by atoms with Crippen LogP contribution in [0.5, 0.6) is 0 Å². The molecule has 0 aliphatic rings. The van der Waals surface area contributed by atoms with Crippen LogP contribution >= 0.6 is 12.4 Å². The van der Waals surface area contributed by atoms with E-state index in [0.29, 0.717) is 46.7 Å². The summed E-state index contributed by atoms with van der Waals surface area (Å²) in [7, 11) is 0. The number of aromatic nitrogens is 5. The van der Waals surface area contributed by atoms with Gasteiger partial charge in [0.15, 0.2) is 5.65 Å². The first-order valence-corrected chi connectivity index (χ1v) is 10.8. The highest BCUT2D eigenvalue weighted by molar-refractivity contribution is 5.85. The maximum Gasteiger partial charge on any atom is 0.262 e. The zero-order valence-electron chi connectivity index (χ0n) is 19.0. The standard InChI is InChI=1S/C24H25F2N5O2.ClH/c1-4-18(12-32)31-23-21(22(30-31)13(2)3)24(33)29-20(28-23)7-14-5-6-19(27-11-14)15-8-16(25)10-17(26)9-15;/h5-6,8-11,13,18,32H,4,7,12H2,1-3H3,(H,28,29,33);1H. The fourth-order valence-electron chi connectivity index (χ4n) is 3.83. The van der Waals surface area contributed by atoms with Gasteiger partial charge in [-0.05, 0) is 36.1 Å². The van der Waals surface area contributed by atoms with Crippen molar-refractivity contribution in [2.24, 2.45) is 0 Å². The lowest BCUT2D eigenvalue weighted by atomic mass is 10.1. The van der Waals surface area contributed by atoms with Crippen molar-refractivity contribution in [2.45, 2.75) is 45.6 Å². The maximum atomic E-state index is 13.5. The molecule has 180 valence electrons. The quantitative estimate of drug-likeness (QED) is 0.397. The molecule has 7 nitrogen and oxygen atoms in total. The average molecular weight is 490 g/mol. The minimum Gasteiger partial charge on any atom is -0.394 e. The van der Waals surface area contributed by atoms with Crippen LogP contribution in [0.1, 0.15) is 56.2 Å². The van der Waals surface area contributed by atoms with E-state index in [2.05, 4.69) is 20.1 Å². The Morgan fingerprint density at radius 2 is 1.85 bits per heavy atom. The Labute approximate surface area is 201 Å². The van der Waals surface area contributed by atoms with E-state index in [1.165, 1.54) is 12.1 Å². The first kappa shape index (κ1) is 25.5. The van der Waals surface area contributed by atoms with E-state index >= 15 is 0 Å². The number of nitrogens with zero attached hydrogens (tertiary/aromatic N) is 4. The van der Waals surface area contributed by atoms with Crippen molar-refractivity contribution in [3.63, 3.8) is 0 Å². The smallest absolute Gasteiger partial charge is 0.262 e. The van der Waals surface area contributed by atoms with E-state index in [4.69, 9.17) is 0 Å². The van der Waals surface area contributed by atoms with Crippen LogP contribution < -0.4 is 5.56 Å². The number of halogens is 3. The lowest BCUT2D eigenvalue weighted by Crippen LogP contribution is -2.17. The second-order valence-corrected chi connectivity index (χ2v) is 8.33. The number of pyridine rings is 1.